The Kier molecular flexibility index (Phi) is 6.22. The van der Waals surface area contributed by atoms with E-state index < -0.39 is 11.7 Å². The van der Waals surface area contributed by atoms with E-state index in [0.29, 0.717) is 16.7 Å². The lowest BCUT2D eigenvalue weighted by Gasteiger charge is -2.29. The zero-order valence-electron chi connectivity index (χ0n) is 19.0. The van der Waals surface area contributed by atoms with Crippen LogP contribution >= 0.6 is 12.2 Å². The monoisotopic (exact) mass is 472 g/mol. The summed E-state index contributed by atoms with van der Waals surface area (Å²) in [5, 5.41) is 4.10. The number of benzene rings is 1. The molecule has 1 aliphatic rings. The normalized spacial score (nSPS) is 18.8. The number of hydrogen-bond acceptors (Lipinski definition) is 2. The number of aromatic nitrogens is 2. The molecule has 1 N–H and O–H groups in total. The lowest BCUT2D eigenvalue weighted by molar-refractivity contribution is -0.137. The fraction of sp³-hybridized carbons (Fsp3) is 0.360. The van der Waals surface area contributed by atoms with E-state index in [9.17, 15) is 13.2 Å². The van der Waals surface area contributed by atoms with Gasteiger partial charge in [-0.2, -0.15) is 13.2 Å². The van der Waals surface area contributed by atoms with Crippen LogP contribution in [-0.4, -0.2) is 26.1 Å². The van der Waals surface area contributed by atoms with Gasteiger partial charge in [-0.3, -0.25) is 4.98 Å². The number of hydrogen-bond donors (Lipinski definition) is 1. The summed E-state index contributed by atoms with van der Waals surface area (Å²) in [5.74, 6) is 0.377. The maximum absolute atomic E-state index is 13.3. The number of halogens is 3. The molecule has 0 amide bonds. The van der Waals surface area contributed by atoms with Gasteiger partial charge in [0, 0.05) is 29.8 Å². The molecule has 2 unspecified atom stereocenters. The molecule has 4 nitrogen and oxygen atoms in total. The first kappa shape index (κ1) is 23.3. The van der Waals surface area contributed by atoms with Gasteiger partial charge in [0.25, 0.3) is 0 Å². The Labute approximate surface area is 197 Å². The summed E-state index contributed by atoms with van der Waals surface area (Å²) in [4.78, 5) is 6.74. The summed E-state index contributed by atoms with van der Waals surface area (Å²) in [6, 6.07) is 13.0. The molecule has 2 aromatic heterocycles. The van der Waals surface area contributed by atoms with Crippen molar-refractivity contribution in [2.24, 2.45) is 5.92 Å². The van der Waals surface area contributed by atoms with Crippen molar-refractivity contribution in [1.29, 1.82) is 0 Å². The Morgan fingerprint density at radius 3 is 2.48 bits per heavy atom. The van der Waals surface area contributed by atoms with Crippen molar-refractivity contribution in [2.45, 2.75) is 46.0 Å². The average Bonchev–Trinajstić information content (AvgIpc) is 3.23. The van der Waals surface area contributed by atoms with E-state index in [1.807, 2.05) is 36.6 Å². The van der Waals surface area contributed by atoms with Crippen molar-refractivity contribution < 1.29 is 13.2 Å². The minimum atomic E-state index is -4.40. The molecule has 2 atom stereocenters. The van der Waals surface area contributed by atoms with Crippen molar-refractivity contribution in [2.75, 3.05) is 6.54 Å². The van der Waals surface area contributed by atoms with Crippen LogP contribution in [0.3, 0.4) is 0 Å². The van der Waals surface area contributed by atoms with E-state index in [4.69, 9.17) is 12.2 Å². The molecule has 0 saturated carbocycles. The summed E-state index contributed by atoms with van der Waals surface area (Å²) in [5.41, 5.74) is 3.48. The first-order valence-electron chi connectivity index (χ1n) is 10.9. The van der Waals surface area contributed by atoms with Crippen molar-refractivity contribution in [1.82, 2.24) is 19.8 Å². The summed E-state index contributed by atoms with van der Waals surface area (Å²) in [6.07, 6.45) is -2.64. The molecule has 0 bridgehead atoms. The van der Waals surface area contributed by atoms with Gasteiger partial charge in [-0.15, -0.1) is 0 Å². The molecule has 4 rings (SSSR count). The fourth-order valence-electron chi connectivity index (χ4n) is 4.64. The number of alkyl halides is 3. The highest BCUT2D eigenvalue weighted by Gasteiger charge is 2.41. The maximum Gasteiger partial charge on any atom is 0.416 e. The number of nitrogens with zero attached hydrogens (tertiary/aromatic N) is 3. The van der Waals surface area contributed by atoms with Gasteiger partial charge in [0.15, 0.2) is 5.11 Å². The van der Waals surface area contributed by atoms with Crippen LogP contribution in [0.1, 0.15) is 54.1 Å². The van der Waals surface area contributed by atoms with E-state index in [0.717, 1.165) is 35.3 Å². The van der Waals surface area contributed by atoms with Crippen molar-refractivity contribution in [3.8, 4) is 5.69 Å². The van der Waals surface area contributed by atoms with Crippen LogP contribution in [0.5, 0.6) is 0 Å². The predicted molar refractivity (Wildman–Crippen MR) is 127 cm³/mol. The molecule has 1 fully saturated rings. The zero-order valence-corrected chi connectivity index (χ0v) is 19.8. The third kappa shape index (κ3) is 4.49. The molecule has 3 heterocycles. The highest BCUT2D eigenvalue weighted by atomic mass is 32.1. The van der Waals surface area contributed by atoms with Crippen LogP contribution in [-0.2, 0) is 6.18 Å². The quantitative estimate of drug-likeness (QED) is 0.453. The van der Waals surface area contributed by atoms with Crippen LogP contribution in [0.15, 0.2) is 54.7 Å². The van der Waals surface area contributed by atoms with Crippen LogP contribution in [0, 0.1) is 19.8 Å². The van der Waals surface area contributed by atoms with Crippen LogP contribution in [0.2, 0.25) is 0 Å². The summed E-state index contributed by atoms with van der Waals surface area (Å²) in [6.45, 7) is 8.90. The Morgan fingerprint density at radius 2 is 1.85 bits per heavy atom. The molecule has 0 aliphatic carbocycles. The molecule has 3 aromatic rings. The first-order chi connectivity index (χ1) is 15.6. The lowest BCUT2D eigenvalue weighted by Crippen LogP contribution is -2.33. The van der Waals surface area contributed by atoms with E-state index in [1.165, 1.54) is 12.1 Å². The maximum atomic E-state index is 13.3. The Balaban J connectivity index is 1.83. The minimum absolute atomic E-state index is 0.124. The predicted octanol–water partition coefficient (Wildman–Crippen LogP) is 6.14. The topological polar surface area (TPSA) is 33.1 Å². The second-order valence-corrected chi connectivity index (χ2v) is 9.27. The average molecular weight is 473 g/mol. The van der Waals surface area contributed by atoms with E-state index in [1.54, 1.807) is 12.3 Å². The Bertz CT molecular complexity index is 1150. The van der Waals surface area contributed by atoms with Gasteiger partial charge in [0.05, 0.1) is 23.3 Å². The van der Waals surface area contributed by atoms with Crippen molar-refractivity contribution in [3.63, 3.8) is 0 Å². The SMILES string of the molecule is Cc1cc(C2C(c3ccccn3)NC(=S)N2CC(C)C)c(C)n1-c1cccc(C(F)(F)F)c1. The van der Waals surface area contributed by atoms with E-state index in [-0.39, 0.29) is 12.1 Å². The van der Waals surface area contributed by atoms with Crippen molar-refractivity contribution >= 4 is 17.3 Å². The van der Waals surface area contributed by atoms with Gasteiger partial charge in [0.2, 0.25) is 0 Å². The second kappa shape index (κ2) is 8.82. The molecule has 8 heteroatoms. The molecule has 1 aliphatic heterocycles. The zero-order chi connectivity index (χ0) is 23.9. The third-order valence-corrected chi connectivity index (χ3v) is 6.33. The largest absolute Gasteiger partial charge is 0.416 e. The number of nitrogens with one attached hydrogen (secondary N) is 1. The molecule has 1 saturated heterocycles. The standard InChI is InChI=1S/C25H27F3N4S/c1-15(2)14-31-23(22(30-24(31)33)21-10-5-6-11-29-21)20-12-16(3)32(17(20)4)19-9-7-8-18(13-19)25(26,27)28/h5-13,15,22-23H,14H2,1-4H3,(H,30,33). The smallest absolute Gasteiger partial charge is 0.352 e. The molecular weight excluding hydrogens is 445 g/mol. The van der Waals surface area contributed by atoms with Gasteiger partial charge >= 0.3 is 6.18 Å². The number of aryl methyl sites for hydroxylation is 1. The highest BCUT2D eigenvalue weighted by molar-refractivity contribution is 7.80. The summed E-state index contributed by atoms with van der Waals surface area (Å²) < 4.78 is 41.9. The molecule has 33 heavy (non-hydrogen) atoms. The van der Waals surface area contributed by atoms with Gasteiger partial charge in [-0.1, -0.05) is 26.0 Å². The third-order valence-electron chi connectivity index (χ3n) is 5.98. The molecule has 1 aromatic carbocycles. The van der Waals surface area contributed by atoms with Crippen LogP contribution < -0.4 is 5.32 Å². The van der Waals surface area contributed by atoms with Crippen LogP contribution in [0.25, 0.3) is 5.69 Å². The highest BCUT2D eigenvalue weighted by Crippen LogP contribution is 2.42. The number of rotatable bonds is 5. The lowest BCUT2D eigenvalue weighted by atomic mass is 9.96. The molecule has 174 valence electrons. The van der Waals surface area contributed by atoms with Crippen molar-refractivity contribution in [3.05, 3.63) is 82.9 Å². The summed E-state index contributed by atoms with van der Waals surface area (Å²) >= 11 is 5.70. The Morgan fingerprint density at radius 1 is 1.09 bits per heavy atom. The Hall–Kier alpha value is -2.87. The molecule has 0 radical (unpaired) electrons. The first-order valence-corrected chi connectivity index (χ1v) is 11.3. The van der Waals surface area contributed by atoms with Gasteiger partial charge in [-0.05, 0) is 73.9 Å². The van der Waals surface area contributed by atoms with E-state index >= 15 is 0 Å². The minimum Gasteiger partial charge on any atom is -0.352 e. The molecule has 0 spiro atoms. The number of pyridine rings is 1. The van der Waals surface area contributed by atoms with Gasteiger partial charge < -0.3 is 14.8 Å². The van der Waals surface area contributed by atoms with Gasteiger partial charge in [-0.25, -0.2) is 0 Å². The van der Waals surface area contributed by atoms with Gasteiger partial charge in [0.1, 0.15) is 0 Å². The van der Waals surface area contributed by atoms with Crippen LogP contribution in [0.4, 0.5) is 13.2 Å². The number of thiocarbonyl (C=S) groups is 1. The fourth-order valence-corrected chi connectivity index (χ4v) is 4.95. The summed E-state index contributed by atoms with van der Waals surface area (Å²) in [7, 11) is 0. The van der Waals surface area contributed by atoms with E-state index in [2.05, 4.69) is 35.1 Å². The second-order valence-electron chi connectivity index (χ2n) is 8.88. The molecular formula is C25H27F3N4S.